The van der Waals surface area contributed by atoms with Gasteiger partial charge in [-0.15, -0.1) is 0 Å². The molecule has 3 aliphatic rings. The minimum absolute atomic E-state index is 0.0515. The van der Waals surface area contributed by atoms with Crippen LogP contribution >= 0.6 is 0 Å². The quantitative estimate of drug-likeness (QED) is 0.346. The predicted octanol–water partition coefficient (Wildman–Crippen LogP) is 4.71. The summed E-state index contributed by atoms with van der Waals surface area (Å²) in [5.74, 6) is -0.252. The van der Waals surface area contributed by atoms with Gasteiger partial charge in [-0.25, -0.2) is 0 Å². The second-order valence-electron chi connectivity index (χ2n) is 10.3. The number of para-hydroxylation sites is 1. The van der Waals surface area contributed by atoms with Crippen LogP contribution in [0.15, 0.2) is 47.7 Å². The van der Waals surface area contributed by atoms with Crippen LogP contribution in [0.25, 0.3) is 0 Å². The number of rotatable bonds is 11. The van der Waals surface area contributed by atoms with Crippen molar-refractivity contribution in [3.63, 3.8) is 0 Å². The molecule has 37 heavy (non-hydrogen) atoms. The van der Waals surface area contributed by atoms with Crippen molar-refractivity contribution in [2.24, 2.45) is 11.3 Å². The number of carbonyl (C=O) groups excluding carboxylic acids is 3. The van der Waals surface area contributed by atoms with Gasteiger partial charge >= 0.3 is 5.97 Å². The standard InChI is InChI=1S/C30H40N2O5/c1-3-37-29(35)30-17-9-14-26(30)32(19-16-22-10-5-4-6-11-22)28(34)24(21-30)20-27(33)31-18-15-23-12-7-8-13-25(23)36-2/h7-8,10,12-14,24H,3-6,9,11,15-21H2,1-2H3,(H,31,33)/t24-,30+/m1/s1. The normalized spacial score (nSPS) is 23.1. The van der Waals surface area contributed by atoms with Crippen LogP contribution in [0.3, 0.4) is 0 Å². The maximum Gasteiger partial charge on any atom is 0.318 e. The van der Waals surface area contributed by atoms with Crippen LogP contribution in [0.4, 0.5) is 0 Å². The van der Waals surface area contributed by atoms with Gasteiger partial charge in [-0.1, -0.05) is 35.9 Å². The molecule has 1 fully saturated rings. The highest BCUT2D eigenvalue weighted by Crippen LogP contribution is 2.51. The lowest BCUT2D eigenvalue weighted by Gasteiger charge is -2.44. The van der Waals surface area contributed by atoms with Gasteiger partial charge in [-0.3, -0.25) is 14.4 Å². The van der Waals surface area contributed by atoms with Crippen molar-refractivity contribution in [3.05, 3.63) is 53.3 Å². The Kier molecular flexibility index (Phi) is 9.06. The highest BCUT2D eigenvalue weighted by atomic mass is 16.5. The summed E-state index contributed by atoms with van der Waals surface area (Å²) in [5, 5.41) is 2.97. The van der Waals surface area contributed by atoms with Gasteiger partial charge in [0.25, 0.3) is 0 Å². The number of amides is 2. The summed E-state index contributed by atoms with van der Waals surface area (Å²) in [5.41, 5.74) is 2.35. The minimum Gasteiger partial charge on any atom is -0.496 e. The van der Waals surface area contributed by atoms with Crippen molar-refractivity contribution < 1.29 is 23.9 Å². The number of benzene rings is 1. The van der Waals surface area contributed by atoms with Gasteiger partial charge in [0, 0.05) is 31.1 Å². The van der Waals surface area contributed by atoms with Gasteiger partial charge in [0.1, 0.15) is 11.2 Å². The van der Waals surface area contributed by atoms with E-state index in [1.807, 2.05) is 30.3 Å². The fourth-order valence-corrected chi connectivity index (χ4v) is 6.08. The third-order valence-corrected chi connectivity index (χ3v) is 7.95. The van der Waals surface area contributed by atoms with Crippen LogP contribution in [-0.4, -0.2) is 49.5 Å². The summed E-state index contributed by atoms with van der Waals surface area (Å²) >= 11 is 0. The number of nitrogens with zero attached hydrogens (tertiary/aromatic N) is 1. The largest absolute Gasteiger partial charge is 0.496 e. The first-order valence-electron chi connectivity index (χ1n) is 13.7. The molecular formula is C30H40N2O5. The van der Waals surface area contributed by atoms with Crippen molar-refractivity contribution in [1.29, 1.82) is 0 Å². The zero-order valence-corrected chi connectivity index (χ0v) is 22.2. The molecule has 1 heterocycles. The second-order valence-corrected chi connectivity index (χ2v) is 10.3. The number of piperidine rings is 1. The third kappa shape index (κ3) is 6.08. The molecule has 1 saturated heterocycles. The highest BCUT2D eigenvalue weighted by Gasteiger charge is 2.55. The molecule has 0 aromatic heterocycles. The first kappa shape index (κ1) is 27.0. The highest BCUT2D eigenvalue weighted by molar-refractivity contribution is 5.92. The summed E-state index contributed by atoms with van der Waals surface area (Å²) in [6.07, 6.45) is 12.1. The number of carbonyl (C=O) groups is 3. The smallest absolute Gasteiger partial charge is 0.318 e. The molecule has 1 aliphatic heterocycles. The molecule has 7 heteroatoms. The van der Waals surface area contributed by atoms with E-state index >= 15 is 0 Å². The Hall–Kier alpha value is -3.09. The van der Waals surface area contributed by atoms with E-state index in [1.54, 1.807) is 18.9 Å². The van der Waals surface area contributed by atoms with E-state index in [2.05, 4.69) is 11.4 Å². The molecule has 200 valence electrons. The Morgan fingerprint density at radius 2 is 1.97 bits per heavy atom. The maximum atomic E-state index is 13.7. The average molecular weight is 509 g/mol. The van der Waals surface area contributed by atoms with Crippen LogP contribution in [0.1, 0.15) is 70.3 Å². The van der Waals surface area contributed by atoms with Gasteiger partial charge in [0.05, 0.1) is 13.7 Å². The molecule has 0 unspecified atom stereocenters. The van der Waals surface area contributed by atoms with Crippen molar-refractivity contribution in [3.8, 4) is 5.75 Å². The third-order valence-electron chi connectivity index (χ3n) is 7.95. The van der Waals surface area contributed by atoms with Gasteiger partial charge in [-0.05, 0) is 76.3 Å². The monoisotopic (exact) mass is 508 g/mol. The first-order chi connectivity index (χ1) is 18.0. The number of nitrogens with one attached hydrogen (secondary N) is 1. The SMILES string of the molecule is CCOC(=O)[C@]12CCC=C1N(CCC1=CCCCC1)C(=O)[C@H](CC(=O)NCCc1ccccc1OC)C2. The molecule has 2 atom stereocenters. The minimum atomic E-state index is -0.840. The van der Waals surface area contributed by atoms with Gasteiger partial charge in [0.2, 0.25) is 11.8 Å². The van der Waals surface area contributed by atoms with Crippen molar-refractivity contribution in [2.75, 3.05) is 26.8 Å². The Balaban J connectivity index is 1.45. The van der Waals surface area contributed by atoms with E-state index in [1.165, 1.54) is 18.4 Å². The summed E-state index contributed by atoms with van der Waals surface area (Å²) in [7, 11) is 1.63. The summed E-state index contributed by atoms with van der Waals surface area (Å²) in [4.78, 5) is 41.7. The molecule has 0 bridgehead atoms. The van der Waals surface area contributed by atoms with E-state index in [-0.39, 0.29) is 24.2 Å². The Morgan fingerprint density at radius 3 is 2.73 bits per heavy atom. The molecule has 1 aromatic carbocycles. The zero-order chi connectivity index (χ0) is 26.3. The number of methoxy groups -OCH3 is 1. The molecule has 1 aromatic rings. The lowest BCUT2D eigenvalue weighted by Crippen LogP contribution is -2.52. The lowest BCUT2D eigenvalue weighted by atomic mass is 9.71. The first-order valence-corrected chi connectivity index (χ1v) is 13.7. The maximum absolute atomic E-state index is 13.7. The van der Waals surface area contributed by atoms with Gasteiger partial charge in [0.15, 0.2) is 0 Å². The predicted molar refractivity (Wildman–Crippen MR) is 142 cm³/mol. The van der Waals surface area contributed by atoms with Crippen molar-refractivity contribution in [1.82, 2.24) is 10.2 Å². The molecule has 2 aliphatic carbocycles. The summed E-state index contributed by atoms with van der Waals surface area (Å²) in [6.45, 7) is 3.10. The number of hydrogen-bond acceptors (Lipinski definition) is 5. The number of hydrogen-bond donors (Lipinski definition) is 1. The van der Waals surface area contributed by atoms with E-state index in [4.69, 9.17) is 9.47 Å². The number of ether oxygens (including phenoxy) is 2. The number of esters is 1. The van der Waals surface area contributed by atoms with Crippen LogP contribution in [0.2, 0.25) is 0 Å². The molecule has 2 amide bonds. The van der Waals surface area contributed by atoms with Crippen LogP contribution in [-0.2, 0) is 25.5 Å². The van der Waals surface area contributed by atoms with E-state index in [9.17, 15) is 14.4 Å². The molecular weight excluding hydrogens is 468 g/mol. The molecule has 0 saturated carbocycles. The van der Waals surface area contributed by atoms with E-state index < -0.39 is 11.3 Å². The number of fused-ring (bicyclic) bond motifs is 1. The van der Waals surface area contributed by atoms with Crippen LogP contribution < -0.4 is 10.1 Å². The van der Waals surface area contributed by atoms with Gasteiger partial charge < -0.3 is 19.7 Å². The Labute approximate surface area is 220 Å². The van der Waals surface area contributed by atoms with Crippen molar-refractivity contribution in [2.45, 2.75) is 71.1 Å². The average Bonchev–Trinajstić information content (AvgIpc) is 3.34. The number of allylic oxidation sites excluding steroid dienone is 2. The molecule has 0 spiro atoms. The Bertz CT molecular complexity index is 1060. The lowest BCUT2D eigenvalue weighted by molar-refractivity contribution is -0.160. The molecule has 1 N–H and O–H groups in total. The van der Waals surface area contributed by atoms with Crippen LogP contribution in [0, 0.1) is 11.3 Å². The fraction of sp³-hybridized carbons (Fsp3) is 0.567. The fourth-order valence-electron chi connectivity index (χ4n) is 6.08. The Morgan fingerprint density at radius 1 is 1.14 bits per heavy atom. The van der Waals surface area contributed by atoms with Gasteiger partial charge in [-0.2, -0.15) is 0 Å². The zero-order valence-electron chi connectivity index (χ0n) is 22.2. The summed E-state index contributed by atoms with van der Waals surface area (Å²) < 4.78 is 10.9. The van der Waals surface area contributed by atoms with E-state index in [0.717, 1.165) is 42.7 Å². The topological polar surface area (TPSA) is 84.9 Å². The second kappa shape index (κ2) is 12.4. The molecule has 7 nitrogen and oxygen atoms in total. The van der Waals surface area contributed by atoms with E-state index in [0.29, 0.717) is 39.0 Å². The summed E-state index contributed by atoms with van der Waals surface area (Å²) in [6, 6.07) is 7.74. The number of likely N-dealkylation sites (tertiary alicyclic amines) is 1. The molecule has 4 rings (SSSR count). The van der Waals surface area contributed by atoms with Crippen molar-refractivity contribution >= 4 is 17.8 Å². The van der Waals surface area contributed by atoms with Crippen LogP contribution in [0.5, 0.6) is 5.75 Å². The molecule has 0 radical (unpaired) electrons.